The quantitative estimate of drug-likeness (QED) is 0.911. The van der Waals surface area contributed by atoms with Gasteiger partial charge in [0.15, 0.2) is 0 Å². The predicted octanol–water partition coefficient (Wildman–Crippen LogP) is 2.25. The van der Waals surface area contributed by atoms with Crippen molar-refractivity contribution in [3.63, 3.8) is 0 Å². The average Bonchev–Trinajstić information content (AvgIpc) is 2.98. The molecule has 0 aromatic heterocycles. The van der Waals surface area contributed by atoms with Crippen LogP contribution in [0, 0.1) is 30.1 Å². The van der Waals surface area contributed by atoms with E-state index in [9.17, 15) is 9.90 Å². The number of nitriles is 1. The largest absolute Gasteiger partial charge is 0.393 e. The number of benzene rings is 1. The summed E-state index contributed by atoms with van der Waals surface area (Å²) < 4.78 is 0. The maximum atomic E-state index is 12.4. The van der Waals surface area contributed by atoms with Crippen LogP contribution in [0.4, 0.5) is 0 Å². The fourth-order valence-corrected chi connectivity index (χ4v) is 3.74. The normalized spacial score (nSPS) is 27.8. The molecule has 0 spiro atoms. The van der Waals surface area contributed by atoms with Crippen molar-refractivity contribution in [1.82, 2.24) is 4.90 Å². The van der Waals surface area contributed by atoms with Gasteiger partial charge in [0.1, 0.15) is 6.07 Å². The fourth-order valence-electron chi connectivity index (χ4n) is 3.51. The molecule has 0 radical (unpaired) electrons. The van der Waals surface area contributed by atoms with E-state index in [4.69, 9.17) is 16.9 Å². The SMILES string of the molecule is Cc1c(CN2C[C@@H]3C(O)CC[C@@H]3C2=O)ccc(C#N)c1Cl. The second-order valence-electron chi connectivity index (χ2n) is 5.96. The Morgan fingerprint density at radius 1 is 1.48 bits per heavy atom. The lowest BCUT2D eigenvalue weighted by Crippen LogP contribution is -2.28. The molecule has 1 saturated heterocycles. The van der Waals surface area contributed by atoms with Crippen LogP contribution < -0.4 is 0 Å². The van der Waals surface area contributed by atoms with E-state index < -0.39 is 0 Å². The van der Waals surface area contributed by atoms with Gasteiger partial charge in [-0.1, -0.05) is 17.7 Å². The van der Waals surface area contributed by atoms with Crippen molar-refractivity contribution in [2.45, 2.75) is 32.4 Å². The van der Waals surface area contributed by atoms with Gasteiger partial charge >= 0.3 is 0 Å². The zero-order chi connectivity index (χ0) is 15.1. The number of aliphatic hydroxyl groups is 1. The molecule has 2 fully saturated rings. The minimum absolute atomic E-state index is 0.0193. The van der Waals surface area contributed by atoms with Crippen LogP contribution >= 0.6 is 11.6 Å². The molecule has 0 bridgehead atoms. The Balaban J connectivity index is 1.81. The van der Waals surface area contributed by atoms with Crippen molar-refractivity contribution in [1.29, 1.82) is 5.26 Å². The Bertz CT molecular complexity index is 638. The smallest absolute Gasteiger partial charge is 0.226 e. The average molecular weight is 305 g/mol. The van der Waals surface area contributed by atoms with Crippen molar-refractivity contribution >= 4 is 17.5 Å². The number of hydrogen-bond acceptors (Lipinski definition) is 3. The Kier molecular flexibility index (Phi) is 3.64. The van der Waals surface area contributed by atoms with E-state index in [1.54, 1.807) is 6.07 Å². The minimum Gasteiger partial charge on any atom is -0.393 e. The van der Waals surface area contributed by atoms with Gasteiger partial charge in [-0.25, -0.2) is 0 Å². The van der Waals surface area contributed by atoms with E-state index in [-0.39, 0.29) is 23.8 Å². The molecule has 1 heterocycles. The van der Waals surface area contributed by atoms with Gasteiger partial charge in [0, 0.05) is 24.9 Å². The summed E-state index contributed by atoms with van der Waals surface area (Å²) in [5.74, 6) is 0.192. The van der Waals surface area contributed by atoms with Crippen LogP contribution in [0.15, 0.2) is 12.1 Å². The molecule has 1 saturated carbocycles. The van der Waals surface area contributed by atoms with Crippen molar-refractivity contribution in [2.24, 2.45) is 11.8 Å². The third kappa shape index (κ3) is 2.31. The highest BCUT2D eigenvalue weighted by Gasteiger charge is 2.47. The highest BCUT2D eigenvalue weighted by molar-refractivity contribution is 6.32. The van der Waals surface area contributed by atoms with Crippen molar-refractivity contribution in [3.05, 3.63) is 33.8 Å². The second kappa shape index (κ2) is 5.32. The summed E-state index contributed by atoms with van der Waals surface area (Å²) in [6.45, 7) is 2.98. The van der Waals surface area contributed by atoms with Gasteiger partial charge in [-0.2, -0.15) is 5.26 Å². The highest BCUT2D eigenvalue weighted by Crippen LogP contribution is 2.39. The van der Waals surface area contributed by atoms with Crippen molar-refractivity contribution < 1.29 is 9.90 Å². The molecule has 21 heavy (non-hydrogen) atoms. The molecular formula is C16H17ClN2O2. The molecule has 110 valence electrons. The molecular weight excluding hydrogens is 288 g/mol. The number of aliphatic hydroxyl groups excluding tert-OH is 1. The van der Waals surface area contributed by atoms with E-state index in [2.05, 4.69) is 6.07 Å². The number of carbonyl (C=O) groups is 1. The second-order valence-corrected chi connectivity index (χ2v) is 6.33. The van der Waals surface area contributed by atoms with Crippen molar-refractivity contribution in [3.8, 4) is 6.07 Å². The van der Waals surface area contributed by atoms with Crippen LogP contribution in [0.25, 0.3) is 0 Å². The number of fused-ring (bicyclic) bond motifs is 1. The molecule has 3 atom stereocenters. The molecule has 4 nitrogen and oxygen atoms in total. The summed E-state index contributed by atoms with van der Waals surface area (Å²) in [5.41, 5.74) is 2.26. The Labute approximate surface area is 128 Å². The standard InChI is InChI=1S/C16H17ClN2O2/c1-9-11(3-2-10(6-18)15(9)17)7-19-8-13-12(16(19)21)4-5-14(13)20/h2-3,12-14,20H,4-5,7-8H2,1H3/t12-,13-,14?/m0/s1. The number of halogens is 1. The minimum atomic E-state index is -0.352. The molecule has 1 aromatic carbocycles. The number of hydrogen-bond donors (Lipinski definition) is 1. The summed E-state index contributed by atoms with van der Waals surface area (Å²) in [6, 6.07) is 5.61. The third-order valence-corrected chi connectivity index (χ3v) is 5.31. The van der Waals surface area contributed by atoms with E-state index >= 15 is 0 Å². The lowest BCUT2D eigenvalue weighted by Gasteiger charge is -2.20. The maximum Gasteiger partial charge on any atom is 0.226 e. The molecule has 1 amide bonds. The topological polar surface area (TPSA) is 64.3 Å². The first kappa shape index (κ1) is 14.4. The first-order valence-corrected chi connectivity index (χ1v) is 7.55. The van der Waals surface area contributed by atoms with E-state index in [0.717, 1.165) is 24.0 Å². The van der Waals surface area contributed by atoms with Crippen LogP contribution in [0.2, 0.25) is 5.02 Å². The first-order valence-electron chi connectivity index (χ1n) is 7.18. The van der Waals surface area contributed by atoms with Crippen LogP contribution in [-0.2, 0) is 11.3 Å². The Morgan fingerprint density at radius 3 is 2.90 bits per heavy atom. The molecule has 1 aromatic rings. The van der Waals surface area contributed by atoms with E-state index in [1.807, 2.05) is 17.9 Å². The number of nitrogens with zero attached hydrogens (tertiary/aromatic N) is 2. The van der Waals surface area contributed by atoms with Crippen LogP contribution in [0.1, 0.15) is 29.5 Å². The number of carbonyl (C=O) groups excluding carboxylic acids is 1. The molecule has 3 rings (SSSR count). The van der Waals surface area contributed by atoms with Crippen molar-refractivity contribution in [2.75, 3.05) is 6.54 Å². The van der Waals surface area contributed by atoms with Gasteiger partial charge in [-0.05, 0) is 37.0 Å². The first-order chi connectivity index (χ1) is 10.0. The summed E-state index contributed by atoms with van der Waals surface area (Å²) in [4.78, 5) is 14.2. The van der Waals surface area contributed by atoms with Gasteiger partial charge < -0.3 is 10.0 Å². The monoisotopic (exact) mass is 304 g/mol. The van der Waals surface area contributed by atoms with Gasteiger partial charge in [0.2, 0.25) is 5.91 Å². The number of rotatable bonds is 2. The Morgan fingerprint density at radius 2 is 2.24 bits per heavy atom. The third-order valence-electron chi connectivity index (χ3n) is 4.82. The summed E-state index contributed by atoms with van der Waals surface area (Å²) >= 11 is 6.17. The van der Waals surface area contributed by atoms with Crippen LogP contribution in [0.3, 0.4) is 0 Å². The van der Waals surface area contributed by atoms with Gasteiger partial charge in [0.25, 0.3) is 0 Å². The molecule has 1 aliphatic carbocycles. The maximum absolute atomic E-state index is 12.4. The number of amides is 1. The summed E-state index contributed by atoms with van der Waals surface area (Å²) in [5, 5.41) is 19.4. The van der Waals surface area contributed by atoms with E-state index in [1.165, 1.54) is 0 Å². The predicted molar refractivity (Wildman–Crippen MR) is 78.5 cm³/mol. The van der Waals surface area contributed by atoms with Gasteiger partial charge in [-0.15, -0.1) is 0 Å². The summed E-state index contributed by atoms with van der Waals surface area (Å²) in [7, 11) is 0. The lowest BCUT2D eigenvalue weighted by molar-refractivity contribution is -0.131. The molecule has 2 aliphatic rings. The van der Waals surface area contributed by atoms with E-state index in [0.29, 0.717) is 23.7 Å². The zero-order valence-electron chi connectivity index (χ0n) is 11.8. The number of likely N-dealkylation sites (tertiary alicyclic amines) is 1. The highest BCUT2D eigenvalue weighted by atomic mass is 35.5. The van der Waals surface area contributed by atoms with Crippen LogP contribution in [0.5, 0.6) is 0 Å². The fraction of sp³-hybridized carbons (Fsp3) is 0.500. The molecule has 5 heteroatoms. The molecule has 1 unspecified atom stereocenters. The van der Waals surface area contributed by atoms with Crippen LogP contribution in [-0.4, -0.2) is 28.6 Å². The van der Waals surface area contributed by atoms with Gasteiger partial charge in [0.05, 0.1) is 16.7 Å². The molecule has 1 N–H and O–H groups in total. The summed E-state index contributed by atoms with van der Waals surface area (Å²) in [6.07, 6.45) is 1.17. The lowest BCUT2D eigenvalue weighted by atomic mass is 9.99. The molecule has 1 aliphatic heterocycles. The Hall–Kier alpha value is -1.57. The van der Waals surface area contributed by atoms with Gasteiger partial charge in [-0.3, -0.25) is 4.79 Å². The zero-order valence-corrected chi connectivity index (χ0v) is 12.6.